The fraction of sp³-hybridized carbons (Fsp3) is 0.200. The zero-order chi connectivity index (χ0) is 8.97. The third kappa shape index (κ3) is 2.55. The zero-order valence-corrected chi connectivity index (χ0v) is 9.04. The molecule has 0 saturated carbocycles. The molecule has 0 bridgehead atoms. The molecule has 12 heavy (non-hydrogen) atoms. The third-order valence-corrected chi connectivity index (χ3v) is 1.99. The Morgan fingerprint density at radius 3 is 2.83 bits per heavy atom. The minimum Gasteiger partial charge on any atom is -0.0863 e. The maximum Gasteiger partial charge on any atom is 0.0649 e. The molecule has 0 radical (unpaired) electrons. The van der Waals surface area contributed by atoms with E-state index in [1.165, 1.54) is 0 Å². The van der Waals surface area contributed by atoms with Gasteiger partial charge < -0.3 is 0 Å². The van der Waals surface area contributed by atoms with Crippen LogP contribution in [0.15, 0.2) is 18.2 Å². The second-order valence-electron chi connectivity index (χ2n) is 2.39. The van der Waals surface area contributed by atoms with E-state index in [-0.39, 0.29) is 0 Å². The van der Waals surface area contributed by atoms with Gasteiger partial charge in [0.05, 0.1) is 5.33 Å². The van der Waals surface area contributed by atoms with Crippen LogP contribution in [0.25, 0.3) is 0 Å². The molecule has 62 valence electrons. The lowest BCUT2D eigenvalue weighted by Crippen LogP contribution is -1.80. The van der Waals surface area contributed by atoms with Crippen molar-refractivity contribution in [3.63, 3.8) is 0 Å². The highest BCUT2D eigenvalue weighted by Gasteiger charge is 1.94. The molecule has 1 aromatic rings. The average Bonchev–Trinajstić information content (AvgIpc) is 2.03. The van der Waals surface area contributed by atoms with Crippen LogP contribution in [0.5, 0.6) is 0 Å². The van der Waals surface area contributed by atoms with Crippen molar-refractivity contribution >= 4 is 27.5 Å². The van der Waals surface area contributed by atoms with E-state index < -0.39 is 0 Å². The summed E-state index contributed by atoms with van der Waals surface area (Å²) in [7, 11) is 0. The van der Waals surface area contributed by atoms with Crippen molar-refractivity contribution in [2.24, 2.45) is 0 Å². The summed E-state index contributed by atoms with van der Waals surface area (Å²) < 4.78 is 0. The van der Waals surface area contributed by atoms with Gasteiger partial charge in [-0.05, 0) is 30.7 Å². The summed E-state index contributed by atoms with van der Waals surface area (Å²) in [6, 6.07) is 5.71. The molecule has 0 amide bonds. The largest absolute Gasteiger partial charge is 0.0863 e. The van der Waals surface area contributed by atoms with Gasteiger partial charge in [-0.2, -0.15) is 0 Å². The van der Waals surface area contributed by atoms with E-state index in [1.807, 2.05) is 25.1 Å². The first kappa shape index (κ1) is 9.64. The van der Waals surface area contributed by atoms with Gasteiger partial charge in [0.15, 0.2) is 0 Å². The second-order valence-corrected chi connectivity index (χ2v) is 3.39. The van der Waals surface area contributed by atoms with Crippen LogP contribution in [-0.2, 0) is 0 Å². The highest BCUT2D eigenvalue weighted by molar-refractivity contribution is 9.09. The van der Waals surface area contributed by atoms with Crippen LogP contribution < -0.4 is 0 Å². The molecule has 2 heteroatoms. The number of benzene rings is 1. The zero-order valence-electron chi connectivity index (χ0n) is 6.70. The first-order chi connectivity index (χ1) is 5.74. The standard InChI is InChI=1S/C10H8BrCl/c1-8-7-10(12)5-4-9(8)3-2-6-11/h4-5,7H,6H2,1H3. The lowest BCUT2D eigenvalue weighted by molar-refractivity contribution is 1.44. The van der Waals surface area contributed by atoms with Crippen molar-refractivity contribution < 1.29 is 0 Å². The van der Waals surface area contributed by atoms with E-state index in [0.717, 1.165) is 16.1 Å². The number of rotatable bonds is 0. The smallest absolute Gasteiger partial charge is 0.0649 e. The van der Waals surface area contributed by atoms with E-state index in [9.17, 15) is 0 Å². The van der Waals surface area contributed by atoms with Gasteiger partial charge in [-0.15, -0.1) is 0 Å². The molecular formula is C10H8BrCl. The molecule has 0 spiro atoms. The van der Waals surface area contributed by atoms with Gasteiger partial charge in [0.25, 0.3) is 0 Å². The Kier molecular flexibility index (Phi) is 3.65. The molecule has 1 aromatic carbocycles. The fourth-order valence-corrected chi connectivity index (χ4v) is 1.26. The van der Waals surface area contributed by atoms with Gasteiger partial charge >= 0.3 is 0 Å². The van der Waals surface area contributed by atoms with Crippen LogP contribution >= 0.6 is 27.5 Å². The molecule has 0 unspecified atom stereocenters. The summed E-state index contributed by atoms with van der Waals surface area (Å²) in [6.07, 6.45) is 0. The van der Waals surface area contributed by atoms with Crippen LogP contribution in [0.3, 0.4) is 0 Å². The topological polar surface area (TPSA) is 0 Å². The lowest BCUT2D eigenvalue weighted by atomic mass is 10.1. The predicted molar refractivity (Wildman–Crippen MR) is 56.9 cm³/mol. The van der Waals surface area contributed by atoms with Gasteiger partial charge in [0, 0.05) is 10.6 Å². The average molecular weight is 244 g/mol. The maximum atomic E-state index is 5.79. The van der Waals surface area contributed by atoms with Gasteiger partial charge in [0.1, 0.15) is 0 Å². The molecule has 0 saturated heterocycles. The van der Waals surface area contributed by atoms with Crippen molar-refractivity contribution in [3.8, 4) is 11.8 Å². The molecule has 1 rings (SSSR count). The van der Waals surface area contributed by atoms with E-state index >= 15 is 0 Å². The first-order valence-electron chi connectivity index (χ1n) is 3.55. The number of halogens is 2. The number of aryl methyl sites for hydroxylation is 1. The molecule has 0 nitrogen and oxygen atoms in total. The molecule has 0 aromatic heterocycles. The van der Waals surface area contributed by atoms with Crippen molar-refractivity contribution in [1.29, 1.82) is 0 Å². The van der Waals surface area contributed by atoms with Crippen molar-refractivity contribution in [1.82, 2.24) is 0 Å². The summed E-state index contributed by atoms with van der Waals surface area (Å²) in [5.41, 5.74) is 2.16. The normalized spacial score (nSPS) is 8.92. The van der Waals surface area contributed by atoms with E-state index in [0.29, 0.717) is 5.33 Å². The van der Waals surface area contributed by atoms with E-state index in [2.05, 4.69) is 27.8 Å². The lowest BCUT2D eigenvalue weighted by Gasteiger charge is -1.97. The monoisotopic (exact) mass is 242 g/mol. The van der Waals surface area contributed by atoms with Crippen molar-refractivity contribution in [3.05, 3.63) is 34.3 Å². The summed E-state index contributed by atoms with van der Waals surface area (Å²) in [4.78, 5) is 0. The highest BCUT2D eigenvalue weighted by atomic mass is 79.9. The molecule has 0 fully saturated rings. The number of hydrogen-bond donors (Lipinski definition) is 0. The van der Waals surface area contributed by atoms with Crippen molar-refractivity contribution in [2.75, 3.05) is 5.33 Å². The SMILES string of the molecule is Cc1cc(Cl)ccc1C#CCBr. The third-order valence-electron chi connectivity index (χ3n) is 1.48. The van der Waals surface area contributed by atoms with Crippen LogP contribution in [0.2, 0.25) is 5.02 Å². The molecule has 0 aliphatic carbocycles. The Bertz CT molecular complexity index is 333. The van der Waals surface area contributed by atoms with E-state index in [1.54, 1.807) is 0 Å². The predicted octanol–water partition coefficient (Wildman–Crippen LogP) is 3.39. The van der Waals surface area contributed by atoms with Crippen LogP contribution in [0.1, 0.15) is 11.1 Å². The molecule has 0 atom stereocenters. The van der Waals surface area contributed by atoms with E-state index in [4.69, 9.17) is 11.6 Å². The van der Waals surface area contributed by atoms with Gasteiger partial charge in [-0.3, -0.25) is 0 Å². The Hall–Kier alpha value is -0.450. The summed E-state index contributed by atoms with van der Waals surface area (Å²) in [6.45, 7) is 2.00. The maximum absolute atomic E-state index is 5.79. The minimum absolute atomic E-state index is 0.703. The Balaban J connectivity index is 3.01. The molecule has 0 heterocycles. The summed E-state index contributed by atoms with van der Waals surface area (Å²) in [5, 5.41) is 1.46. The van der Waals surface area contributed by atoms with Crippen molar-refractivity contribution in [2.45, 2.75) is 6.92 Å². The van der Waals surface area contributed by atoms with Gasteiger partial charge in [0.2, 0.25) is 0 Å². The Morgan fingerprint density at radius 1 is 1.50 bits per heavy atom. The van der Waals surface area contributed by atoms with Crippen LogP contribution in [0.4, 0.5) is 0 Å². The van der Waals surface area contributed by atoms with Gasteiger partial charge in [-0.25, -0.2) is 0 Å². The molecule has 0 aliphatic heterocycles. The number of alkyl halides is 1. The second kappa shape index (κ2) is 4.54. The molecular weight excluding hydrogens is 235 g/mol. The van der Waals surface area contributed by atoms with Gasteiger partial charge in [-0.1, -0.05) is 39.4 Å². The summed E-state index contributed by atoms with van der Waals surface area (Å²) in [5.74, 6) is 5.98. The Labute approximate surface area is 86.1 Å². The van der Waals surface area contributed by atoms with Crippen LogP contribution in [-0.4, -0.2) is 5.33 Å². The molecule has 0 aliphatic rings. The Morgan fingerprint density at radius 2 is 2.25 bits per heavy atom. The summed E-state index contributed by atoms with van der Waals surface area (Å²) >= 11 is 9.04. The quantitative estimate of drug-likeness (QED) is 0.484. The minimum atomic E-state index is 0.703. The van der Waals surface area contributed by atoms with Crippen LogP contribution in [0, 0.1) is 18.8 Å². The fourth-order valence-electron chi connectivity index (χ4n) is 0.896. The first-order valence-corrected chi connectivity index (χ1v) is 5.05. The molecule has 0 N–H and O–H groups in total. The number of hydrogen-bond acceptors (Lipinski definition) is 0. The highest BCUT2D eigenvalue weighted by Crippen LogP contribution is 2.13.